The molecule has 80 valence electrons. The Kier molecular flexibility index (Phi) is 3.65. The van der Waals surface area contributed by atoms with Gasteiger partial charge >= 0.3 is 13.1 Å². The van der Waals surface area contributed by atoms with E-state index in [0.29, 0.717) is 0 Å². The van der Waals surface area contributed by atoms with Gasteiger partial charge in [0.1, 0.15) is 0 Å². The largest absolute Gasteiger partial charge is 0.491 e. The van der Waals surface area contributed by atoms with E-state index in [2.05, 4.69) is 4.74 Å². The molecule has 0 aliphatic carbocycles. The van der Waals surface area contributed by atoms with Gasteiger partial charge in [-0.05, 0) is 6.07 Å². The molecule has 0 spiro atoms. The second kappa shape index (κ2) is 4.76. The van der Waals surface area contributed by atoms with Crippen LogP contribution in [0, 0.1) is 5.82 Å². The maximum Gasteiger partial charge on any atom is 0.491 e. The van der Waals surface area contributed by atoms with Crippen LogP contribution >= 0.6 is 0 Å². The maximum absolute atomic E-state index is 13.3. The van der Waals surface area contributed by atoms with Crippen molar-refractivity contribution in [1.29, 1.82) is 0 Å². The van der Waals surface area contributed by atoms with Crippen LogP contribution in [0.15, 0.2) is 18.2 Å². The first kappa shape index (κ1) is 11.5. The normalized spacial score (nSPS) is 9.80. The van der Waals surface area contributed by atoms with Crippen LogP contribution < -0.4 is 10.2 Å². The van der Waals surface area contributed by atoms with Gasteiger partial charge in [0.2, 0.25) is 0 Å². The summed E-state index contributed by atoms with van der Waals surface area (Å²) in [5, 5.41) is 25.8. The van der Waals surface area contributed by atoms with Crippen molar-refractivity contribution in [3.8, 4) is 5.75 Å². The van der Waals surface area contributed by atoms with Gasteiger partial charge in [0.15, 0.2) is 18.2 Å². The summed E-state index contributed by atoms with van der Waals surface area (Å²) < 4.78 is 17.9. The van der Waals surface area contributed by atoms with Crippen LogP contribution in [-0.2, 0) is 4.79 Å². The number of rotatable bonds is 4. The molecule has 0 aliphatic heterocycles. The van der Waals surface area contributed by atoms with Crippen molar-refractivity contribution >= 4 is 18.6 Å². The number of ether oxygens (including phenoxy) is 1. The third kappa shape index (κ3) is 2.93. The van der Waals surface area contributed by atoms with E-state index >= 15 is 0 Å². The maximum atomic E-state index is 13.3. The summed E-state index contributed by atoms with van der Waals surface area (Å²) >= 11 is 0. The van der Waals surface area contributed by atoms with E-state index in [-0.39, 0.29) is 11.2 Å². The Morgan fingerprint density at radius 1 is 1.47 bits per heavy atom. The fourth-order valence-corrected chi connectivity index (χ4v) is 0.978. The highest BCUT2D eigenvalue weighted by Crippen LogP contribution is 2.14. The molecule has 5 nitrogen and oxygen atoms in total. The van der Waals surface area contributed by atoms with Gasteiger partial charge in [0.05, 0.1) is 0 Å². The number of hydrogen-bond acceptors (Lipinski definition) is 4. The van der Waals surface area contributed by atoms with Gasteiger partial charge in [-0.25, -0.2) is 9.18 Å². The molecular formula is C8H8BFO5. The minimum atomic E-state index is -1.96. The SMILES string of the molecule is O=C(O)COc1cccc(B(O)O)c1F. The zero-order valence-corrected chi connectivity index (χ0v) is 7.55. The average Bonchev–Trinajstić information content (AvgIpc) is 2.15. The Bertz CT molecular complexity index is 368. The predicted octanol–water partition coefficient (Wildman–Crippen LogP) is -1.03. The van der Waals surface area contributed by atoms with Gasteiger partial charge in [-0.15, -0.1) is 0 Å². The van der Waals surface area contributed by atoms with E-state index in [1.807, 2.05) is 0 Å². The number of carboxylic acid groups (broad SMARTS) is 1. The number of carbonyl (C=O) groups is 1. The van der Waals surface area contributed by atoms with Crippen LogP contribution in [-0.4, -0.2) is 34.8 Å². The zero-order chi connectivity index (χ0) is 11.4. The van der Waals surface area contributed by atoms with Crippen molar-refractivity contribution in [3.63, 3.8) is 0 Å². The summed E-state index contributed by atoms with van der Waals surface area (Å²) in [6.07, 6.45) is 0. The first-order chi connectivity index (χ1) is 7.02. The summed E-state index contributed by atoms with van der Waals surface area (Å²) in [6, 6.07) is 3.69. The molecule has 7 heteroatoms. The lowest BCUT2D eigenvalue weighted by Gasteiger charge is -2.07. The van der Waals surface area contributed by atoms with E-state index in [0.717, 1.165) is 6.07 Å². The first-order valence-corrected chi connectivity index (χ1v) is 4.01. The lowest BCUT2D eigenvalue weighted by molar-refractivity contribution is -0.139. The standard InChI is InChI=1S/C8H8BFO5/c10-8-5(9(13)14)2-1-3-6(8)15-4-7(11)12/h1-3,13-14H,4H2,(H,11,12). The fraction of sp³-hybridized carbons (Fsp3) is 0.125. The molecule has 0 unspecified atom stereocenters. The van der Waals surface area contributed by atoms with Crippen LogP contribution in [0.4, 0.5) is 4.39 Å². The van der Waals surface area contributed by atoms with Crippen molar-refractivity contribution in [2.45, 2.75) is 0 Å². The lowest BCUT2D eigenvalue weighted by Crippen LogP contribution is -2.33. The Balaban J connectivity index is 2.89. The molecule has 0 saturated carbocycles. The van der Waals surface area contributed by atoms with Crippen molar-refractivity contribution in [2.75, 3.05) is 6.61 Å². The highest BCUT2D eigenvalue weighted by molar-refractivity contribution is 6.58. The highest BCUT2D eigenvalue weighted by Gasteiger charge is 2.19. The van der Waals surface area contributed by atoms with Crippen LogP contribution in [0.25, 0.3) is 0 Å². The second-order valence-corrected chi connectivity index (χ2v) is 2.72. The topological polar surface area (TPSA) is 87.0 Å². The van der Waals surface area contributed by atoms with Crippen molar-refractivity contribution in [1.82, 2.24) is 0 Å². The number of halogens is 1. The van der Waals surface area contributed by atoms with Gasteiger partial charge in [-0.1, -0.05) is 12.1 Å². The Morgan fingerprint density at radius 3 is 2.67 bits per heavy atom. The molecule has 1 aromatic carbocycles. The lowest BCUT2D eigenvalue weighted by atomic mass is 9.80. The van der Waals surface area contributed by atoms with Crippen LogP contribution in [0.2, 0.25) is 0 Å². The first-order valence-electron chi connectivity index (χ1n) is 4.01. The number of benzene rings is 1. The molecule has 1 aromatic rings. The summed E-state index contributed by atoms with van der Waals surface area (Å²) in [4.78, 5) is 10.2. The van der Waals surface area contributed by atoms with Crippen LogP contribution in [0.3, 0.4) is 0 Å². The molecule has 0 amide bonds. The van der Waals surface area contributed by atoms with Gasteiger partial charge in [-0.3, -0.25) is 0 Å². The van der Waals surface area contributed by atoms with Crippen molar-refractivity contribution in [2.24, 2.45) is 0 Å². The molecular weight excluding hydrogens is 206 g/mol. The van der Waals surface area contributed by atoms with E-state index < -0.39 is 25.5 Å². The Hall–Kier alpha value is -1.60. The minimum Gasteiger partial charge on any atom is -0.479 e. The van der Waals surface area contributed by atoms with Gasteiger partial charge in [0.25, 0.3) is 0 Å². The smallest absolute Gasteiger partial charge is 0.479 e. The highest BCUT2D eigenvalue weighted by atomic mass is 19.1. The molecule has 0 atom stereocenters. The van der Waals surface area contributed by atoms with Crippen molar-refractivity contribution in [3.05, 3.63) is 24.0 Å². The number of carboxylic acids is 1. The average molecular weight is 214 g/mol. The molecule has 0 saturated heterocycles. The fourth-order valence-electron chi connectivity index (χ4n) is 0.978. The van der Waals surface area contributed by atoms with Crippen LogP contribution in [0.5, 0.6) is 5.75 Å². The molecule has 3 N–H and O–H groups in total. The third-order valence-corrected chi connectivity index (χ3v) is 1.62. The summed E-state index contributed by atoms with van der Waals surface area (Å²) in [6.45, 7) is -0.693. The molecule has 15 heavy (non-hydrogen) atoms. The number of hydrogen-bond donors (Lipinski definition) is 3. The van der Waals surface area contributed by atoms with E-state index in [1.54, 1.807) is 0 Å². The van der Waals surface area contributed by atoms with Gasteiger partial charge in [0, 0.05) is 5.46 Å². The molecule has 0 aromatic heterocycles. The quantitative estimate of drug-likeness (QED) is 0.557. The number of aliphatic carboxylic acids is 1. The van der Waals surface area contributed by atoms with Crippen molar-refractivity contribution < 1.29 is 29.1 Å². The van der Waals surface area contributed by atoms with Gasteiger partial charge in [-0.2, -0.15) is 0 Å². The predicted molar refractivity (Wildman–Crippen MR) is 49.4 cm³/mol. The van der Waals surface area contributed by atoms with E-state index in [9.17, 15) is 9.18 Å². The third-order valence-electron chi connectivity index (χ3n) is 1.62. The van der Waals surface area contributed by atoms with Crippen LogP contribution in [0.1, 0.15) is 0 Å². The molecule has 0 heterocycles. The molecule has 0 aliphatic rings. The second-order valence-electron chi connectivity index (χ2n) is 2.72. The van der Waals surface area contributed by atoms with E-state index in [4.69, 9.17) is 15.2 Å². The summed E-state index contributed by atoms with van der Waals surface area (Å²) in [7, 11) is -1.96. The van der Waals surface area contributed by atoms with Gasteiger partial charge < -0.3 is 19.9 Å². The summed E-state index contributed by atoms with van der Waals surface area (Å²) in [5.41, 5.74) is -0.363. The zero-order valence-electron chi connectivity index (χ0n) is 7.55. The molecule has 1 rings (SSSR count). The Labute approximate surface area is 84.9 Å². The minimum absolute atomic E-state index is 0.331. The van der Waals surface area contributed by atoms with E-state index in [1.165, 1.54) is 12.1 Å². The molecule has 0 fully saturated rings. The molecule has 0 radical (unpaired) electrons. The molecule has 0 bridgehead atoms. The Morgan fingerprint density at radius 2 is 2.13 bits per heavy atom. The summed E-state index contributed by atoms with van der Waals surface area (Å²) in [5.74, 6) is -2.55. The monoisotopic (exact) mass is 214 g/mol.